The number of hydrogen-bond donors (Lipinski definition) is 2. The Bertz CT molecular complexity index is 1150. The van der Waals surface area contributed by atoms with Crippen molar-refractivity contribution >= 4 is 35.3 Å². The van der Waals surface area contributed by atoms with E-state index in [1.54, 1.807) is 18.2 Å². The summed E-state index contributed by atoms with van der Waals surface area (Å²) in [6.07, 6.45) is 9.32. The molecule has 1 atom stereocenters. The van der Waals surface area contributed by atoms with Gasteiger partial charge in [-0.05, 0) is 84.3 Å². The monoisotopic (exact) mass is 615 g/mol. The lowest BCUT2D eigenvalue weighted by Crippen LogP contribution is -2.54. The number of nitrogens with one attached hydrogen (secondary N) is 2. The molecule has 0 bridgehead atoms. The molecule has 1 aromatic carbocycles. The highest BCUT2D eigenvalue weighted by Gasteiger charge is 2.45. The highest BCUT2D eigenvalue weighted by atomic mass is 16.6. The number of amides is 4. The van der Waals surface area contributed by atoms with E-state index in [0.717, 1.165) is 82.5 Å². The fourth-order valence-corrected chi connectivity index (χ4v) is 5.22. The number of piperidine rings is 1. The van der Waals surface area contributed by atoms with E-state index in [0.29, 0.717) is 25.3 Å². The standard InChI is InChI=1S/C33H49N3O8/c1-33(2,3)44-28(38)16-7-12-23-43-22-11-6-10-21-42-20-9-5-4-8-19-34-25-15-13-14-24-29(25)32(41)36(31(24)40)26-17-18-27(37)35-30(26)39/h13-15,26,34H,4-12,16-23H2,1-3H3,(H,35,37,39). The highest BCUT2D eigenvalue weighted by Crippen LogP contribution is 2.32. The molecule has 0 saturated carbocycles. The molecule has 0 aromatic heterocycles. The molecule has 44 heavy (non-hydrogen) atoms. The molecule has 0 aliphatic carbocycles. The van der Waals surface area contributed by atoms with E-state index in [4.69, 9.17) is 14.2 Å². The Morgan fingerprint density at radius 3 is 2.11 bits per heavy atom. The summed E-state index contributed by atoms with van der Waals surface area (Å²) in [5, 5.41) is 5.50. The number of nitrogens with zero attached hydrogens (tertiary/aromatic N) is 1. The predicted molar refractivity (Wildman–Crippen MR) is 165 cm³/mol. The Labute approximate surface area is 260 Å². The average Bonchev–Trinajstić information content (AvgIpc) is 3.21. The maximum atomic E-state index is 13.2. The Balaban J connectivity index is 1.17. The molecule has 2 heterocycles. The van der Waals surface area contributed by atoms with Crippen molar-refractivity contribution in [2.24, 2.45) is 0 Å². The summed E-state index contributed by atoms with van der Waals surface area (Å²) in [6.45, 7) is 9.17. The van der Waals surface area contributed by atoms with Crippen molar-refractivity contribution < 1.29 is 38.2 Å². The quantitative estimate of drug-likeness (QED) is 0.121. The van der Waals surface area contributed by atoms with Crippen molar-refractivity contribution in [3.05, 3.63) is 29.3 Å². The van der Waals surface area contributed by atoms with Gasteiger partial charge in [-0.1, -0.05) is 18.9 Å². The SMILES string of the molecule is CC(C)(C)OC(=O)CCCCOCCCCCOCCCCCCNc1cccc2c1C(=O)N(C1CCC(=O)NC1=O)C2=O. The zero-order valence-corrected chi connectivity index (χ0v) is 26.5. The molecule has 11 nitrogen and oxygen atoms in total. The lowest BCUT2D eigenvalue weighted by atomic mass is 10.0. The van der Waals surface area contributed by atoms with Gasteiger partial charge >= 0.3 is 5.97 Å². The Morgan fingerprint density at radius 2 is 1.48 bits per heavy atom. The first-order valence-corrected chi connectivity index (χ1v) is 16.0. The largest absolute Gasteiger partial charge is 0.460 e. The van der Waals surface area contributed by atoms with Crippen LogP contribution in [0.15, 0.2) is 18.2 Å². The molecule has 2 aliphatic rings. The topological polar surface area (TPSA) is 140 Å². The summed E-state index contributed by atoms with van der Waals surface area (Å²) in [6, 6.07) is 4.12. The average molecular weight is 616 g/mol. The first-order valence-electron chi connectivity index (χ1n) is 16.0. The number of rotatable bonds is 20. The van der Waals surface area contributed by atoms with Crippen LogP contribution in [0.1, 0.15) is 119 Å². The third kappa shape index (κ3) is 11.3. The minimum atomic E-state index is -0.969. The first-order chi connectivity index (χ1) is 21.1. The van der Waals surface area contributed by atoms with Gasteiger partial charge in [-0.25, -0.2) is 0 Å². The van der Waals surface area contributed by atoms with Gasteiger partial charge in [0.1, 0.15) is 11.6 Å². The number of benzene rings is 1. The number of hydrogen-bond acceptors (Lipinski definition) is 9. The number of esters is 1. The van der Waals surface area contributed by atoms with Crippen molar-refractivity contribution in [1.29, 1.82) is 0 Å². The molecule has 2 N–H and O–H groups in total. The van der Waals surface area contributed by atoms with Crippen LogP contribution in [0.5, 0.6) is 0 Å². The lowest BCUT2D eigenvalue weighted by molar-refractivity contribution is -0.155. The Hall–Kier alpha value is -3.31. The van der Waals surface area contributed by atoms with Crippen LogP contribution in [-0.2, 0) is 28.6 Å². The number of ether oxygens (including phenoxy) is 3. The molecule has 1 aromatic rings. The van der Waals surface area contributed by atoms with Crippen LogP contribution in [0.2, 0.25) is 0 Å². The van der Waals surface area contributed by atoms with Gasteiger partial charge in [-0.3, -0.25) is 34.2 Å². The molecular formula is C33H49N3O8. The molecule has 0 radical (unpaired) electrons. The summed E-state index contributed by atoms with van der Waals surface area (Å²) in [5.41, 5.74) is 0.727. The number of fused-ring (bicyclic) bond motifs is 1. The summed E-state index contributed by atoms with van der Waals surface area (Å²) in [5.74, 6) is -2.15. The molecule has 244 valence electrons. The Kier molecular flexibility index (Phi) is 14.3. The number of carbonyl (C=O) groups is 5. The second-order valence-corrected chi connectivity index (χ2v) is 12.3. The van der Waals surface area contributed by atoms with E-state index < -0.39 is 35.3 Å². The zero-order valence-electron chi connectivity index (χ0n) is 26.5. The predicted octanol–water partition coefficient (Wildman–Crippen LogP) is 4.78. The third-order valence-corrected chi connectivity index (χ3v) is 7.42. The molecule has 1 saturated heterocycles. The van der Waals surface area contributed by atoms with E-state index in [2.05, 4.69) is 10.6 Å². The summed E-state index contributed by atoms with van der Waals surface area (Å²) < 4.78 is 16.7. The fraction of sp³-hybridized carbons (Fsp3) is 0.667. The molecule has 4 amide bonds. The number of unbranched alkanes of at least 4 members (excludes halogenated alkanes) is 6. The number of anilines is 1. The van der Waals surface area contributed by atoms with Crippen molar-refractivity contribution in [2.75, 3.05) is 38.3 Å². The fourth-order valence-electron chi connectivity index (χ4n) is 5.22. The molecule has 1 fully saturated rings. The van der Waals surface area contributed by atoms with Gasteiger partial charge in [0.2, 0.25) is 11.8 Å². The molecule has 2 aliphatic heterocycles. The van der Waals surface area contributed by atoms with Crippen LogP contribution in [0, 0.1) is 0 Å². The van der Waals surface area contributed by atoms with Crippen LogP contribution in [-0.4, -0.2) is 79.1 Å². The van der Waals surface area contributed by atoms with Gasteiger partial charge in [0.15, 0.2) is 0 Å². The van der Waals surface area contributed by atoms with Gasteiger partial charge in [-0.2, -0.15) is 0 Å². The second-order valence-electron chi connectivity index (χ2n) is 12.3. The third-order valence-electron chi connectivity index (χ3n) is 7.42. The van der Waals surface area contributed by atoms with E-state index in [-0.39, 0.29) is 29.9 Å². The number of imide groups is 2. The van der Waals surface area contributed by atoms with Crippen molar-refractivity contribution in [2.45, 2.75) is 109 Å². The molecule has 0 spiro atoms. The maximum absolute atomic E-state index is 13.2. The van der Waals surface area contributed by atoms with Gasteiger partial charge in [0, 0.05) is 51.5 Å². The van der Waals surface area contributed by atoms with Crippen LogP contribution < -0.4 is 10.6 Å². The van der Waals surface area contributed by atoms with E-state index >= 15 is 0 Å². The summed E-state index contributed by atoms with van der Waals surface area (Å²) in [7, 11) is 0. The first kappa shape index (κ1) is 35.2. The van der Waals surface area contributed by atoms with Crippen LogP contribution in [0.25, 0.3) is 0 Å². The van der Waals surface area contributed by atoms with E-state index in [9.17, 15) is 24.0 Å². The van der Waals surface area contributed by atoms with Gasteiger partial charge in [-0.15, -0.1) is 0 Å². The molecule has 3 rings (SSSR count). The smallest absolute Gasteiger partial charge is 0.306 e. The Morgan fingerprint density at radius 1 is 0.864 bits per heavy atom. The number of carbonyl (C=O) groups excluding carboxylic acids is 5. The zero-order chi connectivity index (χ0) is 32.0. The minimum Gasteiger partial charge on any atom is -0.460 e. The van der Waals surface area contributed by atoms with Gasteiger partial charge in [0.25, 0.3) is 11.8 Å². The van der Waals surface area contributed by atoms with Gasteiger partial charge < -0.3 is 19.5 Å². The van der Waals surface area contributed by atoms with Crippen LogP contribution >= 0.6 is 0 Å². The van der Waals surface area contributed by atoms with Crippen molar-refractivity contribution in [3.8, 4) is 0 Å². The van der Waals surface area contributed by atoms with E-state index in [1.165, 1.54) is 0 Å². The van der Waals surface area contributed by atoms with E-state index in [1.807, 2.05) is 20.8 Å². The lowest BCUT2D eigenvalue weighted by Gasteiger charge is -2.27. The molecular weight excluding hydrogens is 566 g/mol. The van der Waals surface area contributed by atoms with Crippen molar-refractivity contribution in [1.82, 2.24) is 10.2 Å². The van der Waals surface area contributed by atoms with Gasteiger partial charge in [0.05, 0.1) is 11.1 Å². The summed E-state index contributed by atoms with van der Waals surface area (Å²) in [4.78, 5) is 62.5. The van der Waals surface area contributed by atoms with Crippen LogP contribution in [0.4, 0.5) is 5.69 Å². The van der Waals surface area contributed by atoms with Crippen molar-refractivity contribution in [3.63, 3.8) is 0 Å². The molecule has 11 heteroatoms. The molecule has 1 unspecified atom stereocenters. The minimum absolute atomic E-state index is 0.0945. The second kappa shape index (κ2) is 17.9. The normalized spacial score (nSPS) is 16.7. The maximum Gasteiger partial charge on any atom is 0.306 e. The highest BCUT2D eigenvalue weighted by molar-refractivity contribution is 6.25. The summed E-state index contributed by atoms with van der Waals surface area (Å²) >= 11 is 0. The van der Waals surface area contributed by atoms with Crippen LogP contribution in [0.3, 0.4) is 0 Å².